The quantitative estimate of drug-likeness (QED) is 0.870. The molecule has 2 aliphatic heterocycles. The van der Waals surface area contributed by atoms with Gasteiger partial charge in [-0.2, -0.15) is 0 Å². The van der Waals surface area contributed by atoms with Crippen LogP contribution in [0.2, 0.25) is 0 Å². The molecule has 0 bridgehead atoms. The number of H-pyrrole nitrogens is 1. The number of para-hydroxylation sites is 1. The first kappa shape index (κ1) is 16.7. The van der Waals surface area contributed by atoms with Gasteiger partial charge in [-0.3, -0.25) is 9.69 Å². The molecular weight excluding hydrogens is 318 g/mol. The molecule has 3 heterocycles. The molecular formula is C19H25N3O3. The summed E-state index contributed by atoms with van der Waals surface area (Å²) in [6, 6.07) is 7.47. The maximum Gasteiger partial charge on any atom is 0.258 e. The third-order valence-corrected chi connectivity index (χ3v) is 5.01. The average molecular weight is 343 g/mol. The SMILES string of the molecule is O=c1[nH]c(CN(C[C@H]2CCCO2)C[C@@H]2CCCO2)nc2ccccc12. The van der Waals surface area contributed by atoms with Crippen molar-refractivity contribution >= 4 is 10.9 Å². The molecule has 6 nitrogen and oxygen atoms in total. The first-order valence-corrected chi connectivity index (χ1v) is 9.21. The van der Waals surface area contributed by atoms with Crippen LogP contribution in [0.1, 0.15) is 31.5 Å². The summed E-state index contributed by atoms with van der Waals surface area (Å²) >= 11 is 0. The van der Waals surface area contributed by atoms with Crippen LogP contribution in [0.15, 0.2) is 29.1 Å². The number of aromatic amines is 1. The molecule has 25 heavy (non-hydrogen) atoms. The van der Waals surface area contributed by atoms with Crippen molar-refractivity contribution in [1.82, 2.24) is 14.9 Å². The van der Waals surface area contributed by atoms with E-state index in [0.717, 1.165) is 57.5 Å². The number of ether oxygens (including phenoxy) is 2. The minimum atomic E-state index is -0.0743. The van der Waals surface area contributed by atoms with Gasteiger partial charge in [-0.05, 0) is 37.8 Å². The number of hydrogen-bond donors (Lipinski definition) is 1. The van der Waals surface area contributed by atoms with Crippen molar-refractivity contribution in [3.8, 4) is 0 Å². The van der Waals surface area contributed by atoms with Gasteiger partial charge in [-0.25, -0.2) is 4.98 Å². The van der Waals surface area contributed by atoms with E-state index in [1.807, 2.05) is 18.2 Å². The molecule has 0 aliphatic carbocycles. The molecule has 2 atom stereocenters. The first-order valence-electron chi connectivity index (χ1n) is 9.21. The minimum absolute atomic E-state index is 0.0743. The smallest absolute Gasteiger partial charge is 0.258 e. The van der Waals surface area contributed by atoms with Crippen molar-refractivity contribution in [2.24, 2.45) is 0 Å². The number of aromatic nitrogens is 2. The topological polar surface area (TPSA) is 67.5 Å². The molecule has 4 rings (SSSR count). The van der Waals surface area contributed by atoms with E-state index in [9.17, 15) is 4.79 Å². The summed E-state index contributed by atoms with van der Waals surface area (Å²) in [5.41, 5.74) is 0.671. The molecule has 1 aromatic carbocycles. The van der Waals surface area contributed by atoms with E-state index in [1.165, 1.54) is 0 Å². The summed E-state index contributed by atoms with van der Waals surface area (Å²) in [6.45, 7) is 4.03. The predicted octanol–water partition coefficient (Wildman–Crippen LogP) is 2.08. The number of nitrogens with zero attached hydrogens (tertiary/aromatic N) is 2. The normalized spacial score (nSPS) is 23.7. The summed E-state index contributed by atoms with van der Waals surface area (Å²) in [6.07, 6.45) is 5.00. The molecule has 2 aliphatic rings. The van der Waals surface area contributed by atoms with Gasteiger partial charge in [0.15, 0.2) is 0 Å². The van der Waals surface area contributed by atoms with E-state index >= 15 is 0 Å². The molecule has 1 aromatic heterocycles. The molecule has 0 saturated carbocycles. The van der Waals surface area contributed by atoms with Crippen LogP contribution in [0.25, 0.3) is 10.9 Å². The molecule has 0 spiro atoms. The van der Waals surface area contributed by atoms with Gasteiger partial charge < -0.3 is 14.5 Å². The van der Waals surface area contributed by atoms with Crippen LogP contribution >= 0.6 is 0 Å². The van der Waals surface area contributed by atoms with Gasteiger partial charge in [0.05, 0.1) is 29.7 Å². The second-order valence-corrected chi connectivity index (χ2v) is 6.99. The molecule has 2 saturated heterocycles. The zero-order chi connectivity index (χ0) is 17.1. The van der Waals surface area contributed by atoms with Crippen LogP contribution in [-0.2, 0) is 16.0 Å². The highest BCUT2D eigenvalue weighted by Crippen LogP contribution is 2.18. The van der Waals surface area contributed by atoms with E-state index < -0.39 is 0 Å². The van der Waals surface area contributed by atoms with Gasteiger partial charge in [0, 0.05) is 26.3 Å². The monoisotopic (exact) mass is 343 g/mol. The number of benzene rings is 1. The molecule has 6 heteroatoms. The Morgan fingerprint density at radius 3 is 2.40 bits per heavy atom. The Balaban J connectivity index is 1.52. The summed E-state index contributed by atoms with van der Waals surface area (Å²) in [7, 11) is 0. The van der Waals surface area contributed by atoms with E-state index in [0.29, 0.717) is 17.8 Å². The lowest BCUT2D eigenvalue weighted by Crippen LogP contribution is -2.38. The maximum atomic E-state index is 12.3. The number of rotatable bonds is 6. The van der Waals surface area contributed by atoms with Crippen molar-refractivity contribution in [3.05, 3.63) is 40.4 Å². The van der Waals surface area contributed by atoms with Crippen molar-refractivity contribution in [1.29, 1.82) is 0 Å². The minimum Gasteiger partial charge on any atom is -0.377 e. The Morgan fingerprint density at radius 1 is 1.08 bits per heavy atom. The summed E-state index contributed by atoms with van der Waals surface area (Å²) in [5.74, 6) is 0.708. The van der Waals surface area contributed by atoms with Crippen LogP contribution in [-0.4, -0.2) is 53.4 Å². The lowest BCUT2D eigenvalue weighted by molar-refractivity contribution is 0.0336. The number of fused-ring (bicyclic) bond motifs is 1. The second kappa shape index (κ2) is 7.64. The number of nitrogens with one attached hydrogen (secondary N) is 1. The standard InChI is InChI=1S/C19H25N3O3/c23-19-16-7-1-2-8-17(16)20-18(21-19)13-22(11-14-5-3-9-24-14)12-15-6-4-10-25-15/h1-2,7-8,14-15H,3-6,9-13H2,(H,20,21,23)/t14-,15+. The van der Waals surface area contributed by atoms with E-state index in [2.05, 4.69) is 14.9 Å². The molecule has 0 unspecified atom stereocenters. The lowest BCUT2D eigenvalue weighted by Gasteiger charge is -2.27. The van der Waals surface area contributed by atoms with Crippen LogP contribution in [0.5, 0.6) is 0 Å². The Hall–Kier alpha value is -1.76. The van der Waals surface area contributed by atoms with Crippen LogP contribution in [0, 0.1) is 0 Å². The first-order chi connectivity index (χ1) is 12.3. The summed E-state index contributed by atoms with van der Waals surface area (Å²) < 4.78 is 11.6. The van der Waals surface area contributed by atoms with Crippen LogP contribution in [0.4, 0.5) is 0 Å². The number of hydrogen-bond acceptors (Lipinski definition) is 5. The average Bonchev–Trinajstić information content (AvgIpc) is 3.29. The molecule has 0 amide bonds. The van der Waals surface area contributed by atoms with E-state index in [-0.39, 0.29) is 17.8 Å². The molecule has 0 radical (unpaired) electrons. The van der Waals surface area contributed by atoms with E-state index in [1.54, 1.807) is 6.07 Å². The fourth-order valence-corrected chi connectivity index (χ4v) is 3.78. The maximum absolute atomic E-state index is 12.3. The molecule has 2 fully saturated rings. The highest BCUT2D eigenvalue weighted by Gasteiger charge is 2.24. The Bertz CT molecular complexity index is 746. The van der Waals surface area contributed by atoms with Gasteiger partial charge in [-0.1, -0.05) is 12.1 Å². The zero-order valence-electron chi connectivity index (χ0n) is 14.4. The molecule has 134 valence electrons. The van der Waals surface area contributed by atoms with Crippen molar-refractivity contribution < 1.29 is 9.47 Å². The third-order valence-electron chi connectivity index (χ3n) is 5.01. The Morgan fingerprint density at radius 2 is 1.76 bits per heavy atom. The van der Waals surface area contributed by atoms with Gasteiger partial charge in [-0.15, -0.1) is 0 Å². The Labute approximate surface area is 147 Å². The second-order valence-electron chi connectivity index (χ2n) is 6.99. The predicted molar refractivity (Wildman–Crippen MR) is 95.6 cm³/mol. The summed E-state index contributed by atoms with van der Waals surface area (Å²) in [4.78, 5) is 22.2. The molecule has 1 N–H and O–H groups in total. The van der Waals surface area contributed by atoms with Crippen molar-refractivity contribution in [2.75, 3.05) is 26.3 Å². The Kier molecular flexibility index (Phi) is 5.10. The summed E-state index contributed by atoms with van der Waals surface area (Å²) in [5, 5.41) is 0.635. The fourth-order valence-electron chi connectivity index (χ4n) is 3.78. The third kappa shape index (κ3) is 4.08. The van der Waals surface area contributed by atoms with Crippen LogP contribution in [0.3, 0.4) is 0 Å². The highest BCUT2D eigenvalue weighted by atomic mass is 16.5. The van der Waals surface area contributed by atoms with Gasteiger partial charge in [0.25, 0.3) is 5.56 Å². The van der Waals surface area contributed by atoms with Crippen molar-refractivity contribution in [3.63, 3.8) is 0 Å². The molecule has 2 aromatic rings. The van der Waals surface area contributed by atoms with Gasteiger partial charge in [0.1, 0.15) is 5.82 Å². The van der Waals surface area contributed by atoms with Gasteiger partial charge in [0.2, 0.25) is 0 Å². The zero-order valence-corrected chi connectivity index (χ0v) is 14.4. The largest absolute Gasteiger partial charge is 0.377 e. The lowest BCUT2D eigenvalue weighted by atomic mass is 10.2. The fraction of sp³-hybridized carbons (Fsp3) is 0.579. The van der Waals surface area contributed by atoms with Gasteiger partial charge >= 0.3 is 0 Å². The highest BCUT2D eigenvalue weighted by molar-refractivity contribution is 5.77. The van der Waals surface area contributed by atoms with Crippen LogP contribution < -0.4 is 5.56 Å². The van der Waals surface area contributed by atoms with Crippen molar-refractivity contribution in [2.45, 2.75) is 44.4 Å². The van der Waals surface area contributed by atoms with E-state index in [4.69, 9.17) is 9.47 Å².